The third-order valence-electron chi connectivity index (χ3n) is 9.50. The predicted octanol–water partition coefficient (Wildman–Crippen LogP) is 5.03. The van der Waals surface area contributed by atoms with Gasteiger partial charge in [-0.3, -0.25) is 9.69 Å². The average Bonchev–Trinajstić information content (AvgIpc) is 3.77. The summed E-state index contributed by atoms with van der Waals surface area (Å²) >= 11 is 0.979. The van der Waals surface area contributed by atoms with Crippen molar-refractivity contribution in [2.24, 2.45) is 0 Å². The molecule has 2 aromatic heterocycles. The van der Waals surface area contributed by atoms with Gasteiger partial charge in [-0.1, -0.05) is 12.6 Å². The zero-order valence-electron chi connectivity index (χ0n) is 27.4. The number of nitrogens with zero attached hydrogens (tertiary/aromatic N) is 7. The van der Waals surface area contributed by atoms with Crippen LogP contribution in [0.2, 0.25) is 0 Å². The van der Waals surface area contributed by atoms with Crippen molar-refractivity contribution in [1.82, 2.24) is 19.8 Å². The fourth-order valence-corrected chi connectivity index (χ4v) is 8.09. The zero-order valence-corrected chi connectivity index (χ0v) is 28.3. The zero-order chi connectivity index (χ0) is 35.0. The van der Waals surface area contributed by atoms with Crippen LogP contribution in [0.25, 0.3) is 32.1 Å². The first-order valence-corrected chi connectivity index (χ1v) is 16.8. The van der Waals surface area contributed by atoms with Crippen molar-refractivity contribution >= 4 is 49.1 Å². The number of carbonyl (C=O) groups excluding carboxylic acids is 1. The standard InChI is InChI=1S/C35H36F2N8O3S/c1-5-30(46)45-10-9-28(29(45)18-47-4)44(6-2)34-24-11-19(14-38)23(22-7-8-26(37)32-31(22)25(15-39)33(40)49-32)13-27(24)41-35(42-34)48-17-21-12-20(36)16-43(21)3/h5,7-8,11,13,20-21,28-29H,1,6,9-10,12,16-18,40H2,2-4H3/t20-,21+,28?,29?/m1/s1. The Hall–Kier alpha value is -4.89. The van der Waals surface area contributed by atoms with Crippen LogP contribution in [0.5, 0.6) is 6.01 Å². The molecule has 11 nitrogen and oxygen atoms in total. The van der Waals surface area contributed by atoms with Crippen LogP contribution in [-0.2, 0) is 9.53 Å². The Kier molecular flexibility index (Phi) is 9.65. The molecule has 0 bridgehead atoms. The van der Waals surface area contributed by atoms with E-state index in [0.717, 1.165) is 11.3 Å². The van der Waals surface area contributed by atoms with Crippen molar-refractivity contribution < 1.29 is 23.0 Å². The van der Waals surface area contributed by atoms with Crippen LogP contribution in [0.4, 0.5) is 19.6 Å². The molecule has 2 unspecified atom stereocenters. The highest BCUT2D eigenvalue weighted by Crippen LogP contribution is 2.43. The normalized spacial score (nSPS) is 20.8. The number of carbonyl (C=O) groups is 1. The minimum atomic E-state index is -0.951. The van der Waals surface area contributed by atoms with Gasteiger partial charge in [-0.25, -0.2) is 8.78 Å². The number of ether oxygens (including phenoxy) is 2. The van der Waals surface area contributed by atoms with E-state index in [9.17, 15) is 24.1 Å². The molecule has 0 aliphatic carbocycles. The molecule has 2 N–H and O–H groups in total. The van der Waals surface area contributed by atoms with Crippen LogP contribution in [-0.4, -0.2) is 97.0 Å². The molecule has 6 rings (SSSR count). The Labute approximate surface area is 286 Å². The molecule has 0 saturated carbocycles. The summed E-state index contributed by atoms with van der Waals surface area (Å²) in [6, 6.07) is 9.98. The van der Waals surface area contributed by atoms with Gasteiger partial charge in [-0.15, -0.1) is 11.3 Å². The number of aromatic nitrogens is 2. The smallest absolute Gasteiger partial charge is 0.319 e. The number of alkyl halides is 1. The first kappa shape index (κ1) is 34.0. The number of likely N-dealkylation sites (N-methyl/N-ethyl adjacent to an activating group) is 2. The minimum Gasteiger partial charge on any atom is -0.462 e. The van der Waals surface area contributed by atoms with Gasteiger partial charge in [0.15, 0.2) is 0 Å². The number of methoxy groups -OCH3 is 1. The van der Waals surface area contributed by atoms with Crippen molar-refractivity contribution in [3.05, 3.63) is 53.9 Å². The molecule has 2 saturated heterocycles. The summed E-state index contributed by atoms with van der Waals surface area (Å²) in [7, 11) is 3.43. The van der Waals surface area contributed by atoms with Crippen LogP contribution >= 0.6 is 11.3 Å². The van der Waals surface area contributed by atoms with E-state index in [0.29, 0.717) is 65.7 Å². The van der Waals surface area contributed by atoms with E-state index in [4.69, 9.17) is 25.2 Å². The number of amides is 1. The van der Waals surface area contributed by atoms with E-state index in [1.54, 1.807) is 24.1 Å². The predicted molar refractivity (Wildman–Crippen MR) is 185 cm³/mol. The number of rotatable bonds is 10. The van der Waals surface area contributed by atoms with Crippen molar-refractivity contribution in [1.29, 1.82) is 10.5 Å². The van der Waals surface area contributed by atoms with E-state index in [2.05, 4.69) is 23.6 Å². The highest BCUT2D eigenvalue weighted by molar-refractivity contribution is 7.23. The number of hydrogen-bond donors (Lipinski definition) is 1. The molecule has 2 fully saturated rings. The Morgan fingerprint density at radius 3 is 2.69 bits per heavy atom. The summed E-state index contributed by atoms with van der Waals surface area (Å²) < 4.78 is 41.1. The number of hydrogen-bond acceptors (Lipinski definition) is 11. The Morgan fingerprint density at radius 1 is 1.24 bits per heavy atom. The first-order valence-electron chi connectivity index (χ1n) is 16.0. The molecular weight excluding hydrogens is 651 g/mol. The number of likely N-dealkylation sites (tertiary alicyclic amines) is 2. The fraction of sp³-hybridized carbons (Fsp3) is 0.400. The maximum absolute atomic E-state index is 15.0. The number of halogens is 2. The van der Waals surface area contributed by atoms with Gasteiger partial charge in [0, 0.05) is 49.1 Å². The van der Waals surface area contributed by atoms with Crippen LogP contribution in [0, 0.1) is 28.5 Å². The van der Waals surface area contributed by atoms with E-state index in [1.807, 2.05) is 18.9 Å². The van der Waals surface area contributed by atoms with Gasteiger partial charge in [0.2, 0.25) is 5.91 Å². The van der Waals surface area contributed by atoms with Crippen LogP contribution < -0.4 is 15.4 Å². The molecule has 0 spiro atoms. The van der Waals surface area contributed by atoms with Gasteiger partial charge in [-0.05, 0) is 56.7 Å². The largest absolute Gasteiger partial charge is 0.462 e. The molecule has 254 valence electrons. The molecule has 4 aromatic rings. The van der Waals surface area contributed by atoms with Gasteiger partial charge in [0.1, 0.15) is 35.5 Å². The molecule has 14 heteroatoms. The SMILES string of the molecule is C=CC(=O)N1CCC(N(CC)c2nc(OC[C@@H]3C[C@@H](F)CN3C)nc3cc(-c4ccc(F)c5sc(N)c(C#N)c45)c(C#N)cc23)C1COC. The van der Waals surface area contributed by atoms with E-state index < -0.39 is 12.0 Å². The van der Waals surface area contributed by atoms with Gasteiger partial charge in [-0.2, -0.15) is 20.5 Å². The summed E-state index contributed by atoms with van der Waals surface area (Å²) in [5.41, 5.74) is 7.85. The lowest BCUT2D eigenvalue weighted by Crippen LogP contribution is -2.49. The summed E-state index contributed by atoms with van der Waals surface area (Å²) in [5.74, 6) is -0.222. The second-order valence-corrected chi connectivity index (χ2v) is 13.3. The van der Waals surface area contributed by atoms with Crippen molar-refractivity contribution in [2.75, 3.05) is 57.6 Å². The Bertz CT molecular complexity index is 2020. The second kappa shape index (κ2) is 13.9. The van der Waals surface area contributed by atoms with Crippen molar-refractivity contribution in [3.63, 3.8) is 0 Å². The number of thiophene rings is 1. The first-order chi connectivity index (χ1) is 23.6. The van der Waals surface area contributed by atoms with E-state index >= 15 is 0 Å². The minimum absolute atomic E-state index is 0.0642. The quantitative estimate of drug-likeness (QED) is 0.226. The Balaban J connectivity index is 1.54. The average molecular weight is 687 g/mol. The van der Waals surface area contributed by atoms with Crippen molar-refractivity contribution in [3.8, 4) is 29.3 Å². The van der Waals surface area contributed by atoms with Gasteiger partial charge in [0.25, 0.3) is 0 Å². The molecule has 49 heavy (non-hydrogen) atoms. The number of anilines is 2. The lowest BCUT2D eigenvalue weighted by atomic mass is 9.94. The van der Waals surface area contributed by atoms with Gasteiger partial charge in [0.05, 0.1) is 46.1 Å². The molecule has 0 radical (unpaired) electrons. The van der Waals surface area contributed by atoms with Gasteiger partial charge >= 0.3 is 6.01 Å². The number of benzene rings is 2. The second-order valence-electron chi connectivity index (χ2n) is 12.2. The molecular formula is C35H36F2N8O3S. The molecule has 2 aromatic carbocycles. The number of fused-ring (bicyclic) bond motifs is 2. The molecule has 4 atom stereocenters. The lowest BCUT2D eigenvalue weighted by molar-refractivity contribution is -0.127. The summed E-state index contributed by atoms with van der Waals surface area (Å²) in [4.78, 5) is 28.2. The number of nitrogen functional groups attached to an aromatic ring is 1. The summed E-state index contributed by atoms with van der Waals surface area (Å²) in [6.07, 6.45) is 1.29. The van der Waals surface area contributed by atoms with Gasteiger partial charge < -0.3 is 25.0 Å². The van der Waals surface area contributed by atoms with E-state index in [1.165, 1.54) is 18.2 Å². The third-order valence-corrected chi connectivity index (χ3v) is 10.5. The molecule has 2 aliphatic rings. The summed E-state index contributed by atoms with van der Waals surface area (Å²) in [6.45, 7) is 7.38. The molecule has 2 aliphatic heterocycles. The molecule has 4 heterocycles. The van der Waals surface area contributed by atoms with Crippen LogP contribution in [0.1, 0.15) is 30.9 Å². The van der Waals surface area contributed by atoms with Crippen LogP contribution in [0.15, 0.2) is 36.9 Å². The highest BCUT2D eigenvalue weighted by Gasteiger charge is 2.40. The maximum Gasteiger partial charge on any atom is 0.319 e. The number of nitrogens with two attached hydrogens (primary N) is 1. The fourth-order valence-electron chi connectivity index (χ4n) is 7.14. The summed E-state index contributed by atoms with van der Waals surface area (Å²) in [5, 5.41) is 21.4. The highest BCUT2D eigenvalue weighted by atomic mass is 32.1. The maximum atomic E-state index is 15.0. The van der Waals surface area contributed by atoms with Crippen LogP contribution in [0.3, 0.4) is 0 Å². The van der Waals surface area contributed by atoms with Crippen molar-refractivity contribution in [2.45, 2.75) is 44.1 Å². The number of nitriles is 2. The van der Waals surface area contributed by atoms with E-state index in [-0.39, 0.29) is 64.1 Å². The molecule has 1 amide bonds. The third kappa shape index (κ3) is 6.12. The lowest BCUT2D eigenvalue weighted by Gasteiger charge is -2.35. The monoisotopic (exact) mass is 686 g/mol. The topological polar surface area (TPSA) is 145 Å². The Morgan fingerprint density at radius 2 is 2.04 bits per heavy atom.